The number of hydrogen-bond acceptors (Lipinski definition) is 4. The fourth-order valence-electron chi connectivity index (χ4n) is 1.24. The fraction of sp³-hybridized carbons (Fsp3) is 0.636. The molecule has 4 nitrogen and oxygen atoms in total. The van der Waals surface area contributed by atoms with Gasteiger partial charge in [0.2, 0.25) is 0 Å². The van der Waals surface area contributed by atoms with Crippen molar-refractivity contribution in [2.24, 2.45) is 0 Å². The molecule has 0 aliphatic heterocycles. The van der Waals surface area contributed by atoms with E-state index in [2.05, 4.69) is 5.32 Å². The van der Waals surface area contributed by atoms with Crippen LogP contribution in [0.3, 0.4) is 0 Å². The zero-order valence-corrected chi connectivity index (χ0v) is 9.36. The molecule has 0 radical (unpaired) electrons. The Hall–Kier alpha value is -0.840. The molecule has 0 saturated carbocycles. The number of hydrogen-bond donors (Lipinski definition) is 1. The number of furan rings is 1. The maximum Gasteiger partial charge on any atom is 0.0947 e. The Kier molecular flexibility index (Phi) is 6.08. The van der Waals surface area contributed by atoms with Crippen molar-refractivity contribution in [1.29, 1.82) is 0 Å². The Morgan fingerprint density at radius 2 is 2.40 bits per heavy atom. The minimum Gasteiger partial charge on any atom is -0.472 e. The molecule has 0 saturated heterocycles. The average Bonchev–Trinajstić information content (AvgIpc) is 2.70. The van der Waals surface area contributed by atoms with Crippen LogP contribution in [-0.4, -0.2) is 33.0 Å². The molecule has 86 valence electrons. The normalized spacial score (nSPS) is 12.9. The predicted octanol–water partition coefficient (Wildman–Crippen LogP) is 1.42. The lowest BCUT2D eigenvalue weighted by atomic mass is 10.3. The molecular weight excluding hydrogens is 194 g/mol. The smallest absolute Gasteiger partial charge is 0.0947 e. The molecule has 1 unspecified atom stereocenters. The molecule has 0 amide bonds. The van der Waals surface area contributed by atoms with Crippen LogP contribution in [0.5, 0.6) is 0 Å². The lowest BCUT2D eigenvalue weighted by Gasteiger charge is -2.11. The maximum atomic E-state index is 5.49. The van der Waals surface area contributed by atoms with Crippen LogP contribution >= 0.6 is 0 Å². The Morgan fingerprint density at radius 3 is 3.07 bits per heavy atom. The summed E-state index contributed by atoms with van der Waals surface area (Å²) in [5.74, 6) is 0. The molecule has 15 heavy (non-hydrogen) atoms. The highest BCUT2D eigenvalue weighted by atomic mass is 16.5. The summed E-state index contributed by atoms with van der Waals surface area (Å²) in [6.45, 7) is 4.99. The highest BCUT2D eigenvalue weighted by Crippen LogP contribution is 1.98. The Morgan fingerprint density at radius 1 is 1.53 bits per heavy atom. The zero-order chi connectivity index (χ0) is 10.9. The van der Waals surface area contributed by atoms with E-state index in [9.17, 15) is 0 Å². The number of methoxy groups -OCH3 is 1. The summed E-state index contributed by atoms with van der Waals surface area (Å²) in [5, 5.41) is 3.26. The summed E-state index contributed by atoms with van der Waals surface area (Å²) in [7, 11) is 1.68. The van der Waals surface area contributed by atoms with Gasteiger partial charge in [-0.2, -0.15) is 0 Å². The molecule has 1 N–H and O–H groups in total. The molecule has 4 heteroatoms. The molecule has 0 spiro atoms. The van der Waals surface area contributed by atoms with Crippen LogP contribution in [0.15, 0.2) is 23.0 Å². The zero-order valence-electron chi connectivity index (χ0n) is 9.36. The van der Waals surface area contributed by atoms with Crippen LogP contribution in [0, 0.1) is 0 Å². The van der Waals surface area contributed by atoms with Crippen molar-refractivity contribution in [2.45, 2.75) is 19.6 Å². The molecule has 0 fully saturated rings. The largest absolute Gasteiger partial charge is 0.472 e. The maximum absolute atomic E-state index is 5.49. The molecular formula is C11H19NO3. The van der Waals surface area contributed by atoms with E-state index in [0.29, 0.717) is 13.2 Å². The van der Waals surface area contributed by atoms with E-state index >= 15 is 0 Å². The molecule has 0 aromatic carbocycles. The SMILES string of the molecule is COCC(C)OCCNCc1ccoc1. The van der Waals surface area contributed by atoms with Crippen molar-refractivity contribution in [3.63, 3.8) is 0 Å². The molecule has 1 rings (SSSR count). The predicted molar refractivity (Wildman–Crippen MR) is 57.7 cm³/mol. The Labute approximate surface area is 90.6 Å². The third kappa shape index (κ3) is 5.57. The standard InChI is InChI=1S/C11H19NO3/c1-10(8-13-2)15-6-4-12-7-11-3-5-14-9-11/h3,5,9-10,12H,4,6-8H2,1-2H3. The summed E-state index contributed by atoms with van der Waals surface area (Å²) in [4.78, 5) is 0. The number of nitrogens with one attached hydrogen (secondary N) is 1. The van der Waals surface area contributed by atoms with E-state index in [4.69, 9.17) is 13.9 Å². The van der Waals surface area contributed by atoms with Crippen LogP contribution in [0.2, 0.25) is 0 Å². The monoisotopic (exact) mass is 213 g/mol. The summed E-state index contributed by atoms with van der Waals surface area (Å²) in [6.07, 6.45) is 3.57. The highest BCUT2D eigenvalue weighted by molar-refractivity contribution is 5.04. The Balaban J connectivity index is 1.93. The first kappa shape index (κ1) is 12.2. The van der Waals surface area contributed by atoms with Crippen molar-refractivity contribution in [3.8, 4) is 0 Å². The molecule has 1 aromatic rings. The van der Waals surface area contributed by atoms with E-state index in [1.54, 1.807) is 19.6 Å². The van der Waals surface area contributed by atoms with E-state index in [1.165, 1.54) is 0 Å². The lowest BCUT2D eigenvalue weighted by Crippen LogP contribution is -2.23. The van der Waals surface area contributed by atoms with Crippen LogP contribution in [-0.2, 0) is 16.0 Å². The summed E-state index contributed by atoms with van der Waals surface area (Å²) >= 11 is 0. The van der Waals surface area contributed by atoms with Gasteiger partial charge in [-0.1, -0.05) is 0 Å². The second-order valence-electron chi connectivity index (χ2n) is 3.45. The van der Waals surface area contributed by atoms with E-state index in [0.717, 1.165) is 18.7 Å². The van der Waals surface area contributed by atoms with Crippen LogP contribution < -0.4 is 5.32 Å². The summed E-state index contributed by atoms with van der Waals surface area (Å²) < 4.78 is 15.4. The fourth-order valence-corrected chi connectivity index (χ4v) is 1.24. The van der Waals surface area contributed by atoms with E-state index in [-0.39, 0.29) is 6.10 Å². The van der Waals surface area contributed by atoms with E-state index in [1.807, 2.05) is 13.0 Å². The second-order valence-corrected chi connectivity index (χ2v) is 3.45. The summed E-state index contributed by atoms with van der Waals surface area (Å²) in [6, 6.07) is 1.95. The molecule has 0 bridgehead atoms. The minimum absolute atomic E-state index is 0.158. The lowest BCUT2D eigenvalue weighted by molar-refractivity contribution is 0.0107. The summed E-state index contributed by atoms with van der Waals surface area (Å²) in [5.41, 5.74) is 1.15. The molecule has 1 aromatic heterocycles. The average molecular weight is 213 g/mol. The van der Waals surface area contributed by atoms with Gasteiger partial charge < -0.3 is 19.2 Å². The molecule has 0 aliphatic carbocycles. The number of ether oxygens (including phenoxy) is 2. The third-order valence-corrected chi connectivity index (χ3v) is 1.99. The van der Waals surface area contributed by atoms with Crippen molar-refractivity contribution >= 4 is 0 Å². The van der Waals surface area contributed by atoms with Gasteiger partial charge in [0.15, 0.2) is 0 Å². The topological polar surface area (TPSA) is 43.6 Å². The molecule has 0 aliphatic rings. The van der Waals surface area contributed by atoms with Crippen molar-refractivity contribution < 1.29 is 13.9 Å². The first-order valence-corrected chi connectivity index (χ1v) is 5.15. The first-order valence-electron chi connectivity index (χ1n) is 5.15. The first-order chi connectivity index (χ1) is 7.33. The molecule has 1 atom stereocenters. The third-order valence-electron chi connectivity index (χ3n) is 1.99. The Bertz CT molecular complexity index is 236. The van der Waals surface area contributed by atoms with Crippen LogP contribution in [0.25, 0.3) is 0 Å². The van der Waals surface area contributed by atoms with Gasteiger partial charge in [0.1, 0.15) is 0 Å². The minimum atomic E-state index is 0.158. The van der Waals surface area contributed by atoms with Gasteiger partial charge in [0.25, 0.3) is 0 Å². The van der Waals surface area contributed by atoms with Gasteiger partial charge >= 0.3 is 0 Å². The van der Waals surface area contributed by atoms with Crippen molar-refractivity contribution in [3.05, 3.63) is 24.2 Å². The van der Waals surface area contributed by atoms with Crippen molar-refractivity contribution in [1.82, 2.24) is 5.32 Å². The van der Waals surface area contributed by atoms with Gasteiger partial charge in [-0.15, -0.1) is 0 Å². The van der Waals surface area contributed by atoms with Gasteiger partial charge in [0.05, 0.1) is 31.8 Å². The second kappa shape index (κ2) is 7.45. The van der Waals surface area contributed by atoms with Crippen LogP contribution in [0.4, 0.5) is 0 Å². The van der Waals surface area contributed by atoms with Crippen molar-refractivity contribution in [2.75, 3.05) is 26.9 Å². The quantitative estimate of drug-likeness (QED) is 0.663. The van der Waals surface area contributed by atoms with Gasteiger partial charge in [-0.25, -0.2) is 0 Å². The van der Waals surface area contributed by atoms with E-state index < -0.39 is 0 Å². The number of rotatable bonds is 8. The van der Waals surface area contributed by atoms with Gasteiger partial charge in [0, 0.05) is 25.8 Å². The molecule has 1 heterocycles. The highest BCUT2D eigenvalue weighted by Gasteiger charge is 2.00. The van der Waals surface area contributed by atoms with Gasteiger partial charge in [-0.05, 0) is 13.0 Å². The van der Waals surface area contributed by atoms with Crippen LogP contribution in [0.1, 0.15) is 12.5 Å². The van der Waals surface area contributed by atoms with Gasteiger partial charge in [-0.3, -0.25) is 0 Å².